The van der Waals surface area contributed by atoms with Crippen molar-refractivity contribution >= 4 is 21.9 Å². The number of carbonyl (C=O) groups is 1. The summed E-state index contributed by atoms with van der Waals surface area (Å²) >= 11 is 3.48. The van der Waals surface area contributed by atoms with Crippen molar-refractivity contribution in [3.05, 3.63) is 81.4 Å². The lowest BCUT2D eigenvalue weighted by Crippen LogP contribution is -2.09. The van der Waals surface area contributed by atoms with Gasteiger partial charge in [0.1, 0.15) is 18.1 Å². The van der Waals surface area contributed by atoms with Gasteiger partial charge in [-0.3, -0.25) is 0 Å². The zero-order chi connectivity index (χ0) is 21.3. The molecule has 0 amide bonds. The highest BCUT2D eigenvalue weighted by atomic mass is 79.9. The lowest BCUT2D eigenvalue weighted by atomic mass is 10.1. The van der Waals surface area contributed by atoms with E-state index in [4.69, 9.17) is 9.15 Å². The van der Waals surface area contributed by atoms with E-state index in [9.17, 15) is 4.79 Å². The fraction of sp³-hybridized carbons (Fsp3) is 0.182. The van der Waals surface area contributed by atoms with Crippen LogP contribution in [0, 0.1) is 20.8 Å². The molecule has 0 saturated heterocycles. The van der Waals surface area contributed by atoms with Gasteiger partial charge in [0.05, 0.1) is 11.4 Å². The van der Waals surface area contributed by atoms with Gasteiger partial charge in [-0.1, -0.05) is 35.0 Å². The molecule has 0 fully saturated rings. The molecule has 30 heavy (non-hydrogen) atoms. The van der Waals surface area contributed by atoms with Crippen LogP contribution in [0.2, 0.25) is 0 Å². The number of hydrogen-bond acceptors (Lipinski definition) is 6. The van der Waals surface area contributed by atoms with Gasteiger partial charge in [-0.15, -0.1) is 5.10 Å². The molecule has 0 N–H and O–H groups in total. The Morgan fingerprint density at radius 1 is 1.10 bits per heavy atom. The van der Waals surface area contributed by atoms with Crippen LogP contribution in [0.4, 0.5) is 0 Å². The van der Waals surface area contributed by atoms with Crippen molar-refractivity contribution in [2.45, 2.75) is 27.4 Å². The molecule has 2 aromatic carbocycles. The second kappa shape index (κ2) is 8.23. The third-order valence-corrected chi connectivity index (χ3v) is 5.37. The van der Waals surface area contributed by atoms with E-state index in [-0.39, 0.29) is 12.3 Å². The molecule has 152 valence electrons. The van der Waals surface area contributed by atoms with Gasteiger partial charge in [-0.05, 0) is 61.0 Å². The van der Waals surface area contributed by atoms with Gasteiger partial charge in [0, 0.05) is 10.0 Å². The Morgan fingerprint density at radius 2 is 1.83 bits per heavy atom. The van der Waals surface area contributed by atoms with Crippen LogP contribution in [-0.4, -0.2) is 25.9 Å². The van der Waals surface area contributed by atoms with E-state index < -0.39 is 5.97 Å². The van der Waals surface area contributed by atoms with Crippen LogP contribution in [-0.2, 0) is 11.3 Å². The predicted octanol–water partition coefficient (Wildman–Crippen LogP) is 4.97. The number of hydrogen-bond donors (Lipinski definition) is 0. The van der Waals surface area contributed by atoms with Crippen LogP contribution in [0.15, 0.2) is 57.4 Å². The van der Waals surface area contributed by atoms with Crippen molar-refractivity contribution in [1.29, 1.82) is 0 Å². The summed E-state index contributed by atoms with van der Waals surface area (Å²) < 4.78 is 13.6. The van der Waals surface area contributed by atoms with Crippen molar-refractivity contribution in [2.24, 2.45) is 0 Å². The first-order chi connectivity index (χ1) is 14.4. The molecule has 0 aliphatic heterocycles. The molecule has 0 unspecified atom stereocenters. The third kappa shape index (κ3) is 3.91. The van der Waals surface area contributed by atoms with E-state index in [1.807, 2.05) is 55.5 Å². The first-order valence-electron chi connectivity index (χ1n) is 9.31. The fourth-order valence-corrected chi connectivity index (χ4v) is 3.41. The Bertz CT molecular complexity index is 1210. The summed E-state index contributed by atoms with van der Waals surface area (Å²) in [5.41, 5.74) is 4.12. The van der Waals surface area contributed by atoms with Gasteiger partial charge in [-0.2, -0.15) is 0 Å². The van der Waals surface area contributed by atoms with E-state index in [0.717, 1.165) is 21.3 Å². The number of carbonyl (C=O) groups excluding carboxylic acids is 1. The summed E-state index contributed by atoms with van der Waals surface area (Å²) in [6.07, 6.45) is 0. The van der Waals surface area contributed by atoms with Crippen LogP contribution in [0.3, 0.4) is 0 Å². The maximum atomic E-state index is 12.6. The van der Waals surface area contributed by atoms with Crippen LogP contribution in [0.5, 0.6) is 0 Å². The number of aryl methyl sites for hydroxylation is 2. The van der Waals surface area contributed by atoms with Crippen molar-refractivity contribution in [3.8, 4) is 17.1 Å². The lowest BCUT2D eigenvalue weighted by molar-refractivity contribution is 0.0459. The maximum absolute atomic E-state index is 12.6. The van der Waals surface area contributed by atoms with Crippen molar-refractivity contribution in [2.75, 3.05) is 0 Å². The number of esters is 1. The van der Waals surface area contributed by atoms with Crippen molar-refractivity contribution < 1.29 is 13.9 Å². The quantitative estimate of drug-likeness (QED) is 0.386. The van der Waals surface area contributed by atoms with Gasteiger partial charge in [-0.25, -0.2) is 14.5 Å². The molecular weight excluding hydrogens is 448 g/mol. The zero-order valence-corrected chi connectivity index (χ0v) is 18.3. The minimum absolute atomic E-state index is 0.0125. The Hall–Kier alpha value is -3.26. The second-order valence-electron chi connectivity index (χ2n) is 6.85. The first-order valence-corrected chi connectivity index (χ1v) is 10.1. The molecule has 0 bridgehead atoms. The standard InChI is InChI=1S/C22H19BrN4O3/c1-13-8-10-16(11-9-13)21-24-18(15(3)30-21)12-29-22(28)20-14(2)27(26-25-20)19-7-5-4-6-17(19)23/h4-11H,12H2,1-3H3. The number of oxazole rings is 1. The summed E-state index contributed by atoms with van der Waals surface area (Å²) in [4.78, 5) is 17.1. The number of ether oxygens (including phenoxy) is 1. The minimum Gasteiger partial charge on any atom is -0.454 e. The summed E-state index contributed by atoms with van der Waals surface area (Å²) in [6, 6.07) is 15.4. The Labute approximate surface area is 181 Å². The Balaban J connectivity index is 1.49. The van der Waals surface area contributed by atoms with Gasteiger partial charge >= 0.3 is 5.97 Å². The van der Waals surface area contributed by atoms with Gasteiger partial charge in [0.15, 0.2) is 5.69 Å². The number of aromatic nitrogens is 4. The fourth-order valence-electron chi connectivity index (χ4n) is 2.95. The number of halogens is 1. The van der Waals surface area contributed by atoms with Gasteiger partial charge in [0.25, 0.3) is 0 Å². The molecule has 4 aromatic rings. The molecule has 0 saturated carbocycles. The average Bonchev–Trinajstić information content (AvgIpc) is 3.30. The summed E-state index contributed by atoms with van der Waals surface area (Å²) in [5.74, 6) is 0.534. The maximum Gasteiger partial charge on any atom is 0.361 e. The topological polar surface area (TPSA) is 83.0 Å². The Morgan fingerprint density at radius 3 is 2.57 bits per heavy atom. The summed E-state index contributed by atoms with van der Waals surface area (Å²) in [5, 5.41) is 8.10. The molecule has 2 aromatic heterocycles. The van der Waals surface area contributed by atoms with Gasteiger partial charge < -0.3 is 9.15 Å². The van der Waals surface area contributed by atoms with Crippen molar-refractivity contribution in [3.63, 3.8) is 0 Å². The SMILES string of the molecule is Cc1ccc(-c2nc(COC(=O)c3nnn(-c4ccccc4Br)c3C)c(C)o2)cc1. The predicted molar refractivity (Wildman–Crippen MR) is 114 cm³/mol. The van der Waals surface area contributed by atoms with Crippen LogP contribution in [0.25, 0.3) is 17.1 Å². The second-order valence-corrected chi connectivity index (χ2v) is 7.71. The third-order valence-electron chi connectivity index (χ3n) is 4.70. The number of rotatable bonds is 5. The van der Waals surface area contributed by atoms with Crippen molar-refractivity contribution in [1.82, 2.24) is 20.0 Å². The summed E-state index contributed by atoms with van der Waals surface area (Å²) in [7, 11) is 0. The highest BCUT2D eigenvalue weighted by Crippen LogP contribution is 2.24. The van der Waals surface area contributed by atoms with Crippen LogP contribution in [0.1, 0.15) is 33.2 Å². The molecule has 4 rings (SSSR count). The monoisotopic (exact) mass is 466 g/mol. The molecule has 0 aliphatic rings. The van der Waals surface area contributed by atoms with Crippen LogP contribution >= 0.6 is 15.9 Å². The molecular formula is C22H19BrN4O3. The average molecular weight is 467 g/mol. The zero-order valence-electron chi connectivity index (χ0n) is 16.7. The van der Waals surface area contributed by atoms with Gasteiger partial charge in [0.2, 0.25) is 5.89 Å². The van der Waals surface area contributed by atoms with E-state index >= 15 is 0 Å². The first kappa shape index (κ1) is 20.0. The largest absolute Gasteiger partial charge is 0.454 e. The van der Waals surface area contributed by atoms with E-state index in [1.54, 1.807) is 18.5 Å². The van der Waals surface area contributed by atoms with Crippen LogP contribution < -0.4 is 0 Å². The number of nitrogens with zero attached hydrogens (tertiary/aromatic N) is 4. The molecule has 0 aliphatic carbocycles. The molecule has 8 heteroatoms. The lowest BCUT2D eigenvalue weighted by Gasteiger charge is -2.06. The molecule has 0 atom stereocenters. The normalized spacial score (nSPS) is 10.9. The number of para-hydroxylation sites is 1. The van der Waals surface area contributed by atoms with E-state index in [1.165, 1.54) is 0 Å². The molecule has 2 heterocycles. The minimum atomic E-state index is -0.565. The molecule has 0 radical (unpaired) electrons. The molecule has 0 spiro atoms. The number of benzene rings is 2. The molecule has 7 nitrogen and oxygen atoms in total. The summed E-state index contributed by atoms with van der Waals surface area (Å²) in [6.45, 7) is 5.57. The van der Waals surface area contributed by atoms with E-state index in [2.05, 4.69) is 31.2 Å². The highest BCUT2D eigenvalue weighted by Gasteiger charge is 2.21. The smallest absolute Gasteiger partial charge is 0.361 e. The Kier molecular flexibility index (Phi) is 5.50. The van der Waals surface area contributed by atoms with E-state index in [0.29, 0.717) is 23.0 Å². The highest BCUT2D eigenvalue weighted by molar-refractivity contribution is 9.10.